The molecule has 0 radical (unpaired) electrons. The topological polar surface area (TPSA) is 149 Å². The van der Waals surface area contributed by atoms with Crippen molar-refractivity contribution in [2.24, 2.45) is 22.4 Å². The molecule has 3 heterocycles. The Morgan fingerprint density at radius 2 is 1.72 bits per heavy atom. The number of halogens is 6. The largest absolute Gasteiger partial charge is 0.456 e. The van der Waals surface area contributed by atoms with E-state index < -0.39 is 77.4 Å². The first-order valence-corrected chi connectivity index (χ1v) is 10.7. The maximum absolute atomic E-state index is 13.2. The van der Waals surface area contributed by atoms with Gasteiger partial charge in [0, 0.05) is 0 Å². The normalized spacial score (nSPS) is 32.1. The van der Waals surface area contributed by atoms with Crippen LogP contribution in [0.3, 0.4) is 0 Å². The maximum atomic E-state index is 13.2. The number of rotatable bonds is 3. The molecule has 1 spiro atoms. The summed E-state index contributed by atoms with van der Waals surface area (Å²) in [6.45, 7) is 2.56. The van der Waals surface area contributed by atoms with E-state index in [1.807, 2.05) is 0 Å². The van der Waals surface area contributed by atoms with Crippen molar-refractivity contribution in [2.45, 2.75) is 56.1 Å². The lowest BCUT2D eigenvalue weighted by atomic mass is 9.83. The highest BCUT2D eigenvalue weighted by Crippen LogP contribution is 2.48. The summed E-state index contributed by atoms with van der Waals surface area (Å²) >= 11 is 0. The molecular weight excluding hydrogens is 502 g/mol. The Kier molecular flexibility index (Phi) is 5.73. The molecule has 0 aromatic heterocycles. The second-order valence-electron chi connectivity index (χ2n) is 8.90. The van der Waals surface area contributed by atoms with Crippen LogP contribution in [0, 0.1) is 5.92 Å². The minimum Gasteiger partial charge on any atom is -0.456 e. The number of benzene rings is 1. The van der Waals surface area contributed by atoms with Crippen LogP contribution >= 0.6 is 0 Å². The fourth-order valence-electron chi connectivity index (χ4n) is 5.42. The van der Waals surface area contributed by atoms with Crippen LogP contribution in [0.2, 0.25) is 0 Å². The van der Waals surface area contributed by atoms with Crippen LogP contribution in [0.25, 0.3) is 0 Å². The third-order valence-electron chi connectivity index (χ3n) is 6.94. The predicted molar refractivity (Wildman–Crippen MR) is 110 cm³/mol. The van der Waals surface area contributed by atoms with Crippen LogP contribution in [0.5, 0.6) is 0 Å². The molecule has 16 heteroatoms. The number of ether oxygens (including phenoxy) is 1. The van der Waals surface area contributed by atoms with Gasteiger partial charge in [-0.3, -0.25) is 16.0 Å². The molecule has 1 fully saturated rings. The number of hydrogen-bond acceptors (Lipinski definition) is 9. The molecule has 198 valence electrons. The third kappa shape index (κ3) is 3.57. The third-order valence-corrected chi connectivity index (χ3v) is 6.94. The van der Waals surface area contributed by atoms with Gasteiger partial charge in [-0.05, 0) is 25.1 Å². The van der Waals surface area contributed by atoms with Crippen molar-refractivity contribution in [3.8, 4) is 0 Å². The Morgan fingerprint density at radius 3 is 2.22 bits per heavy atom. The molecule has 1 aromatic rings. The highest BCUT2D eigenvalue weighted by atomic mass is 19.4. The Balaban J connectivity index is 1.74. The van der Waals surface area contributed by atoms with E-state index in [0.29, 0.717) is 4.74 Å². The molecule has 3 aliphatic heterocycles. The molecule has 0 aliphatic carbocycles. The average molecular weight is 525 g/mol. The van der Waals surface area contributed by atoms with Crippen LogP contribution in [-0.2, 0) is 17.1 Å². The molecule has 4 rings (SSSR count). The van der Waals surface area contributed by atoms with E-state index in [0.717, 1.165) is 0 Å². The highest BCUT2D eigenvalue weighted by Gasteiger charge is 2.73. The van der Waals surface area contributed by atoms with Gasteiger partial charge in [-0.2, -0.15) is 26.3 Å². The van der Waals surface area contributed by atoms with E-state index in [9.17, 15) is 41.5 Å². The number of nitrogens with one attached hydrogen (secondary N) is 1. The van der Waals surface area contributed by atoms with Gasteiger partial charge in [0.15, 0.2) is 12.0 Å². The van der Waals surface area contributed by atoms with Gasteiger partial charge in [0.1, 0.15) is 12.1 Å². The molecule has 6 atom stereocenters. The fourth-order valence-corrected chi connectivity index (χ4v) is 5.42. The summed E-state index contributed by atoms with van der Waals surface area (Å²) in [5.41, 5.74) is 6.15. The first kappa shape index (κ1) is 25.7. The number of guanidine groups is 2. The van der Waals surface area contributed by atoms with Gasteiger partial charge in [-0.1, -0.05) is 11.7 Å². The summed E-state index contributed by atoms with van der Waals surface area (Å²) in [5.74, 6) is -2.68. The van der Waals surface area contributed by atoms with Crippen LogP contribution in [-0.4, -0.2) is 74.3 Å². The SMILES string of the molecule is CC1[C@H](OC(=O)c2cc(C(F)(F)F)cc(C(F)(F)F)c2)C(C)C23C(NC(N)=[N+]2O)[C@H](CO)N=C(N)N13. The Hall–Kier alpha value is -3.43. The molecule has 0 saturated carbocycles. The van der Waals surface area contributed by atoms with E-state index in [2.05, 4.69) is 10.3 Å². The van der Waals surface area contributed by atoms with E-state index in [4.69, 9.17) is 16.2 Å². The second kappa shape index (κ2) is 8.04. The number of alkyl halides is 6. The van der Waals surface area contributed by atoms with E-state index in [-0.39, 0.29) is 30.1 Å². The van der Waals surface area contributed by atoms with Crippen molar-refractivity contribution in [3.63, 3.8) is 0 Å². The van der Waals surface area contributed by atoms with Crippen molar-refractivity contribution in [3.05, 3.63) is 34.9 Å². The predicted octanol–water partition coefficient (Wildman–Crippen LogP) is 0.664. The summed E-state index contributed by atoms with van der Waals surface area (Å²) in [6, 6.07) is -2.14. The zero-order chi connectivity index (χ0) is 27.0. The molecule has 0 amide bonds. The number of aliphatic imine (C=N–C) groups is 1. The number of esters is 1. The van der Waals surface area contributed by atoms with Crippen molar-refractivity contribution in [2.75, 3.05) is 6.61 Å². The van der Waals surface area contributed by atoms with Gasteiger partial charge in [-0.25, -0.2) is 9.79 Å². The standard InChI is InChI=1S/C20H22F6N6O4/c1-7-13(36-15(34)9-3-10(19(21,22)23)5-11(4-9)20(24,25)26)8(2)31-16(27)29-12(6-33)14-18(7,31)32(35)17(28)30-14/h3-5,7-8,12-14,33,35H,6H2,1-2H3,(H4,27,28,29,30)/p+1/t7?,8?,12-,13+,14?,18?/m0/s1. The van der Waals surface area contributed by atoms with Crippen LogP contribution in [0.1, 0.15) is 35.3 Å². The molecule has 10 nitrogen and oxygen atoms in total. The summed E-state index contributed by atoms with van der Waals surface area (Å²) in [6.07, 6.45) is -11.5. The molecule has 4 unspecified atom stereocenters. The molecule has 1 aromatic carbocycles. The molecule has 36 heavy (non-hydrogen) atoms. The molecular formula is C20H23F6N6O4+. The minimum atomic E-state index is -5.15. The molecule has 0 bridgehead atoms. The van der Waals surface area contributed by atoms with Crippen LogP contribution in [0.15, 0.2) is 23.2 Å². The summed E-state index contributed by atoms with van der Waals surface area (Å²) < 4.78 is 85.5. The van der Waals surface area contributed by atoms with E-state index in [1.165, 1.54) is 18.7 Å². The van der Waals surface area contributed by atoms with Gasteiger partial charge in [0.05, 0.1) is 35.3 Å². The summed E-state index contributed by atoms with van der Waals surface area (Å²) in [5, 5.41) is 23.5. The monoisotopic (exact) mass is 525 g/mol. The number of nitrogens with zero attached hydrogens (tertiary/aromatic N) is 3. The first-order valence-electron chi connectivity index (χ1n) is 10.7. The smallest absolute Gasteiger partial charge is 0.416 e. The zero-order valence-corrected chi connectivity index (χ0v) is 18.8. The lowest BCUT2D eigenvalue weighted by Crippen LogP contribution is -2.71. The Bertz CT molecular complexity index is 1120. The quantitative estimate of drug-likeness (QED) is 0.167. The molecule has 7 N–H and O–H groups in total. The number of carbonyl (C=O) groups is 1. The van der Waals surface area contributed by atoms with Gasteiger partial charge in [0.2, 0.25) is 5.66 Å². The zero-order valence-electron chi connectivity index (χ0n) is 18.8. The van der Waals surface area contributed by atoms with E-state index >= 15 is 0 Å². The second-order valence-corrected chi connectivity index (χ2v) is 8.90. The van der Waals surface area contributed by atoms with Crippen molar-refractivity contribution in [1.29, 1.82) is 0 Å². The van der Waals surface area contributed by atoms with E-state index in [1.54, 1.807) is 0 Å². The number of hydroxylamine groups is 1. The summed E-state index contributed by atoms with van der Waals surface area (Å²) in [7, 11) is 0. The molecule has 3 aliphatic rings. The van der Waals surface area contributed by atoms with Crippen LogP contribution in [0.4, 0.5) is 26.3 Å². The Morgan fingerprint density at radius 1 is 1.17 bits per heavy atom. The first-order chi connectivity index (χ1) is 16.5. The van der Waals surface area contributed by atoms with Crippen molar-refractivity contribution in [1.82, 2.24) is 10.2 Å². The fraction of sp³-hybridized carbons (Fsp3) is 0.550. The lowest BCUT2D eigenvalue weighted by molar-refractivity contribution is -0.839. The highest BCUT2D eigenvalue weighted by molar-refractivity contribution is 5.90. The number of aliphatic hydroxyl groups is 1. The lowest BCUT2D eigenvalue weighted by Gasteiger charge is -2.44. The minimum absolute atomic E-state index is 0.0972. The molecule has 1 saturated heterocycles. The van der Waals surface area contributed by atoms with Gasteiger partial charge >= 0.3 is 24.3 Å². The Labute approximate surface area is 199 Å². The number of nitrogens with two attached hydrogens (primary N) is 2. The van der Waals surface area contributed by atoms with Crippen LogP contribution < -0.4 is 16.8 Å². The number of hydrogen-bond donors (Lipinski definition) is 5. The van der Waals surface area contributed by atoms with Gasteiger partial charge in [-0.15, -0.1) is 0 Å². The van der Waals surface area contributed by atoms with Gasteiger partial charge in [0.25, 0.3) is 0 Å². The summed E-state index contributed by atoms with van der Waals surface area (Å²) in [4.78, 5) is 18.5. The number of carbonyl (C=O) groups excluding carboxylic acids is 1. The number of aliphatic hydroxyl groups excluding tert-OH is 1. The van der Waals surface area contributed by atoms with Gasteiger partial charge < -0.3 is 20.8 Å². The average Bonchev–Trinajstić information content (AvgIpc) is 3.17. The maximum Gasteiger partial charge on any atom is 0.416 e. The van der Waals surface area contributed by atoms with Crippen molar-refractivity contribution >= 4 is 17.9 Å². The van der Waals surface area contributed by atoms with Crippen molar-refractivity contribution < 1.29 is 50.9 Å².